The third kappa shape index (κ3) is 6.69. The molecule has 0 saturated heterocycles. The van der Waals surface area contributed by atoms with Gasteiger partial charge in [-0.05, 0) is 62.1 Å². The van der Waals surface area contributed by atoms with Gasteiger partial charge in [0.2, 0.25) is 5.89 Å². The predicted molar refractivity (Wildman–Crippen MR) is 123 cm³/mol. The van der Waals surface area contributed by atoms with E-state index in [1.165, 1.54) is 0 Å². The number of rotatable bonds is 12. The normalized spacial score (nSPS) is 12.0. The van der Waals surface area contributed by atoms with Crippen molar-refractivity contribution in [1.29, 1.82) is 0 Å². The lowest BCUT2D eigenvalue weighted by atomic mass is 10.0. The quantitative estimate of drug-likeness (QED) is 0.397. The zero-order valence-electron chi connectivity index (χ0n) is 19.0. The van der Waals surface area contributed by atoms with E-state index in [2.05, 4.69) is 11.9 Å². The van der Waals surface area contributed by atoms with Gasteiger partial charge in [0.15, 0.2) is 0 Å². The Morgan fingerprint density at radius 2 is 1.91 bits per heavy atom. The Labute approximate surface area is 189 Å². The monoisotopic (exact) mass is 437 g/mol. The summed E-state index contributed by atoms with van der Waals surface area (Å²) >= 11 is 0. The van der Waals surface area contributed by atoms with E-state index in [4.69, 9.17) is 19.0 Å². The minimum Gasteiger partial charge on any atom is -0.493 e. The Hall–Kier alpha value is -3.12. The van der Waals surface area contributed by atoms with Crippen LogP contribution in [-0.2, 0) is 29.0 Å². The minimum atomic E-state index is -0.808. The lowest BCUT2D eigenvalue weighted by molar-refractivity contribution is -0.136. The number of carbonyl (C=O) groups is 1. The fourth-order valence-corrected chi connectivity index (χ4v) is 3.29. The van der Waals surface area contributed by atoms with Crippen LogP contribution in [-0.4, -0.2) is 28.8 Å². The standard InChI is InChI=1S/C26H31NO5/c1-4-18(2)31-17-22-16-23(12-10-20(22)11-13-25(28)29)30-15-14-24-19(3)32-26(27-24)21-8-6-5-7-9-21/h5-10,12,16,18H,4,11,13-15,17H2,1-3H3,(H,28,29). The molecule has 1 aromatic heterocycles. The summed E-state index contributed by atoms with van der Waals surface area (Å²) in [4.78, 5) is 15.6. The summed E-state index contributed by atoms with van der Waals surface area (Å²) in [6.07, 6.45) is 2.24. The molecular weight excluding hydrogens is 406 g/mol. The summed E-state index contributed by atoms with van der Waals surface area (Å²) in [7, 11) is 0. The molecule has 3 rings (SSSR count). The number of aromatic nitrogens is 1. The van der Waals surface area contributed by atoms with Crippen molar-refractivity contribution in [2.45, 2.75) is 59.2 Å². The van der Waals surface area contributed by atoms with Crippen LogP contribution in [0.1, 0.15) is 49.3 Å². The third-order valence-electron chi connectivity index (χ3n) is 5.41. The summed E-state index contributed by atoms with van der Waals surface area (Å²) in [5, 5.41) is 9.03. The first-order valence-corrected chi connectivity index (χ1v) is 11.1. The zero-order valence-corrected chi connectivity index (χ0v) is 19.0. The van der Waals surface area contributed by atoms with E-state index < -0.39 is 5.97 Å². The van der Waals surface area contributed by atoms with Gasteiger partial charge in [-0.3, -0.25) is 4.79 Å². The molecule has 1 heterocycles. The Balaban J connectivity index is 1.64. The van der Waals surface area contributed by atoms with E-state index in [9.17, 15) is 4.79 Å². The first-order chi connectivity index (χ1) is 15.5. The first-order valence-electron chi connectivity index (χ1n) is 11.1. The number of oxazole rings is 1. The Morgan fingerprint density at radius 1 is 1.12 bits per heavy atom. The van der Waals surface area contributed by atoms with Crippen LogP contribution < -0.4 is 4.74 Å². The molecule has 32 heavy (non-hydrogen) atoms. The van der Waals surface area contributed by atoms with Crippen LogP contribution in [0, 0.1) is 6.92 Å². The van der Waals surface area contributed by atoms with Gasteiger partial charge in [-0.15, -0.1) is 0 Å². The third-order valence-corrected chi connectivity index (χ3v) is 5.41. The van der Waals surface area contributed by atoms with Gasteiger partial charge in [-0.2, -0.15) is 0 Å². The Morgan fingerprint density at radius 3 is 2.62 bits per heavy atom. The largest absolute Gasteiger partial charge is 0.493 e. The smallest absolute Gasteiger partial charge is 0.303 e. The second kappa shape index (κ2) is 11.5. The maximum Gasteiger partial charge on any atom is 0.303 e. The molecule has 2 aromatic carbocycles. The van der Waals surface area contributed by atoms with Crippen molar-refractivity contribution in [2.24, 2.45) is 0 Å². The Kier molecular flexibility index (Phi) is 8.45. The van der Waals surface area contributed by atoms with Crippen molar-refractivity contribution < 1.29 is 23.8 Å². The van der Waals surface area contributed by atoms with Crippen molar-refractivity contribution >= 4 is 5.97 Å². The molecule has 0 bridgehead atoms. The van der Waals surface area contributed by atoms with E-state index in [-0.39, 0.29) is 12.5 Å². The number of ether oxygens (including phenoxy) is 2. The van der Waals surface area contributed by atoms with Gasteiger partial charge in [0.1, 0.15) is 11.5 Å². The maximum atomic E-state index is 11.0. The number of carboxylic acids is 1. The van der Waals surface area contributed by atoms with E-state index in [0.29, 0.717) is 31.9 Å². The number of aryl methyl sites for hydroxylation is 2. The number of hydrogen-bond donors (Lipinski definition) is 1. The van der Waals surface area contributed by atoms with E-state index in [0.717, 1.165) is 40.3 Å². The fraction of sp³-hybridized carbons (Fsp3) is 0.385. The molecule has 1 N–H and O–H groups in total. The molecule has 0 aliphatic carbocycles. The van der Waals surface area contributed by atoms with Gasteiger partial charge < -0.3 is 19.0 Å². The lowest BCUT2D eigenvalue weighted by Gasteiger charge is -2.15. The van der Waals surface area contributed by atoms with Crippen molar-refractivity contribution in [3.63, 3.8) is 0 Å². The SMILES string of the molecule is CCC(C)OCc1cc(OCCc2nc(-c3ccccc3)oc2C)ccc1CCC(=O)O. The van der Waals surface area contributed by atoms with E-state index in [1.54, 1.807) is 0 Å². The van der Waals surface area contributed by atoms with Gasteiger partial charge in [-0.1, -0.05) is 31.2 Å². The van der Waals surface area contributed by atoms with Crippen LogP contribution in [0.3, 0.4) is 0 Å². The number of aliphatic carboxylic acids is 1. The van der Waals surface area contributed by atoms with Crippen LogP contribution in [0.4, 0.5) is 0 Å². The molecule has 0 aliphatic heterocycles. The van der Waals surface area contributed by atoms with Crippen LogP contribution in [0.15, 0.2) is 52.9 Å². The van der Waals surface area contributed by atoms with Gasteiger partial charge in [0, 0.05) is 18.4 Å². The minimum absolute atomic E-state index is 0.0890. The van der Waals surface area contributed by atoms with Crippen molar-refractivity contribution in [2.75, 3.05) is 6.61 Å². The van der Waals surface area contributed by atoms with Crippen molar-refractivity contribution in [1.82, 2.24) is 4.98 Å². The summed E-state index contributed by atoms with van der Waals surface area (Å²) in [6, 6.07) is 15.6. The summed E-state index contributed by atoms with van der Waals surface area (Å²) in [5.74, 6) is 1.33. The number of hydrogen-bond acceptors (Lipinski definition) is 5. The van der Waals surface area contributed by atoms with Gasteiger partial charge in [0.25, 0.3) is 0 Å². The van der Waals surface area contributed by atoms with Crippen molar-refractivity contribution in [3.05, 3.63) is 71.1 Å². The highest BCUT2D eigenvalue weighted by atomic mass is 16.5. The van der Waals surface area contributed by atoms with Crippen LogP contribution in [0.25, 0.3) is 11.5 Å². The molecule has 6 heteroatoms. The number of nitrogens with zero attached hydrogens (tertiary/aromatic N) is 1. The average Bonchev–Trinajstić information content (AvgIpc) is 3.17. The molecular formula is C26H31NO5. The summed E-state index contributed by atoms with van der Waals surface area (Å²) in [6.45, 7) is 6.91. The van der Waals surface area contributed by atoms with E-state index >= 15 is 0 Å². The second-order valence-corrected chi connectivity index (χ2v) is 7.84. The molecule has 0 aliphatic rings. The molecule has 0 saturated carbocycles. The van der Waals surface area contributed by atoms with E-state index in [1.807, 2.05) is 62.4 Å². The zero-order chi connectivity index (χ0) is 22.9. The molecule has 0 spiro atoms. The number of carboxylic acid groups (broad SMARTS) is 1. The Bertz CT molecular complexity index is 1010. The summed E-state index contributed by atoms with van der Waals surface area (Å²) < 4.78 is 17.7. The molecule has 6 nitrogen and oxygen atoms in total. The average molecular weight is 438 g/mol. The molecule has 1 unspecified atom stereocenters. The molecule has 170 valence electrons. The number of benzene rings is 2. The molecule has 0 amide bonds. The van der Waals surface area contributed by atoms with Gasteiger partial charge in [0.05, 0.1) is 25.0 Å². The van der Waals surface area contributed by atoms with Gasteiger partial charge >= 0.3 is 5.97 Å². The molecule has 1 atom stereocenters. The lowest BCUT2D eigenvalue weighted by Crippen LogP contribution is -2.09. The predicted octanol–water partition coefficient (Wildman–Crippen LogP) is 5.60. The van der Waals surface area contributed by atoms with Crippen molar-refractivity contribution in [3.8, 4) is 17.2 Å². The summed E-state index contributed by atoms with van der Waals surface area (Å²) in [5.41, 5.74) is 3.77. The highest BCUT2D eigenvalue weighted by Crippen LogP contribution is 2.23. The molecule has 3 aromatic rings. The second-order valence-electron chi connectivity index (χ2n) is 7.84. The van der Waals surface area contributed by atoms with Crippen LogP contribution >= 0.6 is 0 Å². The molecule has 0 fully saturated rings. The topological polar surface area (TPSA) is 81.8 Å². The maximum absolute atomic E-state index is 11.0. The molecule has 0 radical (unpaired) electrons. The van der Waals surface area contributed by atoms with Crippen LogP contribution in [0.5, 0.6) is 5.75 Å². The van der Waals surface area contributed by atoms with Crippen LogP contribution in [0.2, 0.25) is 0 Å². The fourth-order valence-electron chi connectivity index (χ4n) is 3.29. The first kappa shape index (κ1) is 23.5. The highest BCUT2D eigenvalue weighted by Gasteiger charge is 2.12. The van der Waals surface area contributed by atoms with Gasteiger partial charge in [-0.25, -0.2) is 4.98 Å². The highest BCUT2D eigenvalue weighted by molar-refractivity contribution is 5.67.